The van der Waals surface area contributed by atoms with Gasteiger partial charge in [0.2, 0.25) is 0 Å². The minimum Gasteiger partial charge on any atom is -0.468 e. The molecule has 4 rings (SSSR count). The molecule has 3 aromatic carbocycles. The zero-order chi connectivity index (χ0) is 22.7. The van der Waals surface area contributed by atoms with E-state index in [-0.39, 0.29) is 18.9 Å². The fourth-order valence-electron chi connectivity index (χ4n) is 3.51. The van der Waals surface area contributed by atoms with Gasteiger partial charge in [-0.1, -0.05) is 53.8 Å². The maximum atomic E-state index is 12.9. The van der Waals surface area contributed by atoms with Crippen LogP contribution in [0.25, 0.3) is 21.0 Å². The average molecular weight is 449 g/mol. The number of aromatic nitrogens is 1. The molecule has 0 fully saturated rings. The van der Waals surface area contributed by atoms with Gasteiger partial charge in [0.25, 0.3) is 5.91 Å². The second-order valence-corrected chi connectivity index (χ2v) is 8.05. The normalized spacial score (nSPS) is 11.6. The van der Waals surface area contributed by atoms with Gasteiger partial charge < -0.3 is 14.0 Å². The van der Waals surface area contributed by atoms with Gasteiger partial charge in [0.1, 0.15) is 6.54 Å². The summed E-state index contributed by atoms with van der Waals surface area (Å²) in [5.74, 6) is -1.27. The number of amides is 1. The van der Waals surface area contributed by atoms with Crippen molar-refractivity contribution >= 4 is 50.2 Å². The Kier molecular flexibility index (Phi) is 6.13. The van der Waals surface area contributed by atoms with Crippen molar-refractivity contribution in [2.45, 2.75) is 13.0 Å². The SMILES string of the molecule is COC(=O)Cn1c(=NC(=O)Cc2cccc3ccccc23)sc2cc(C(=O)OC)ccc21. The van der Waals surface area contributed by atoms with Crippen LogP contribution in [0, 0.1) is 0 Å². The lowest BCUT2D eigenvalue weighted by Gasteiger charge is -2.05. The third-order valence-electron chi connectivity index (χ3n) is 5.06. The molecule has 162 valence electrons. The Morgan fingerprint density at radius 2 is 1.75 bits per heavy atom. The summed E-state index contributed by atoms with van der Waals surface area (Å²) in [6.45, 7) is -0.103. The molecule has 0 bridgehead atoms. The molecule has 1 aromatic heterocycles. The van der Waals surface area contributed by atoms with Gasteiger partial charge in [0.05, 0.1) is 36.4 Å². The predicted molar refractivity (Wildman–Crippen MR) is 121 cm³/mol. The second kappa shape index (κ2) is 9.15. The quantitative estimate of drug-likeness (QED) is 0.436. The van der Waals surface area contributed by atoms with E-state index < -0.39 is 11.9 Å². The van der Waals surface area contributed by atoms with Crippen molar-refractivity contribution in [3.8, 4) is 0 Å². The number of fused-ring (bicyclic) bond motifs is 2. The van der Waals surface area contributed by atoms with E-state index in [4.69, 9.17) is 9.47 Å². The van der Waals surface area contributed by atoms with E-state index in [1.807, 2.05) is 42.5 Å². The van der Waals surface area contributed by atoms with Crippen molar-refractivity contribution in [1.29, 1.82) is 0 Å². The Morgan fingerprint density at radius 3 is 2.53 bits per heavy atom. The molecule has 0 N–H and O–H groups in total. The van der Waals surface area contributed by atoms with Crippen molar-refractivity contribution in [2.24, 2.45) is 4.99 Å². The van der Waals surface area contributed by atoms with E-state index in [1.165, 1.54) is 25.6 Å². The molecule has 0 aliphatic heterocycles. The first-order valence-corrected chi connectivity index (χ1v) is 10.6. The highest BCUT2D eigenvalue weighted by Gasteiger charge is 2.15. The Balaban J connectivity index is 1.76. The molecule has 1 heterocycles. The van der Waals surface area contributed by atoms with Crippen molar-refractivity contribution in [2.75, 3.05) is 14.2 Å². The first kappa shape index (κ1) is 21.5. The molecule has 1 amide bonds. The van der Waals surface area contributed by atoms with Gasteiger partial charge in [-0.3, -0.25) is 9.59 Å². The molecule has 0 unspecified atom stereocenters. The molecule has 0 saturated carbocycles. The van der Waals surface area contributed by atoms with Crippen LogP contribution in [0.3, 0.4) is 0 Å². The van der Waals surface area contributed by atoms with Crippen LogP contribution in [0.4, 0.5) is 0 Å². The molecule has 4 aromatic rings. The van der Waals surface area contributed by atoms with Crippen LogP contribution in [0.2, 0.25) is 0 Å². The molecule has 0 atom stereocenters. The summed E-state index contributed by atoms with van der Waals surface area (Å²) < 4.78 is 11.9. The zero-order valence-electron chi connectivity index (χ0n) is 17.5. The van der Waals surface area contributed by atoms with Crippen molar-refractivity contribution < 1.29 is 23.9 Å². The first-order chi connectivity index (χ1) is 15.5. The largest absolute Gasteiger partial charge is 0.468 e. The summed E-state index contributed by atoms with van der Waals surface area (Å²) in [5.41, 5.74) is 1.93. The molecular formula is C24H20N2O5S. The maximum absolute atomic E-state index is 12.9. The second-order valence-electron chi connectivity index (χ2n) is 7.04. The molecular weight excluding hydrogens is 428 g/mol. The lowest BCUT2D eigenvalue weighted by Crippen LogP contribution is -2.22. The number of carbonyl (C=O) groups is 3. The maximum Gasteiger partial charge on any atom is 0.337 e. The average Bonchev–Trinajstić information content (AvgIpc) is 3.14. The van der Waals surface area contributed by atoms with Gasteiger partial charge in [0, 0.05) is 0 Å². The Bertz CT molecular complexity index is 1410. The highest BCUT2D eigenvalue weighted by molar-refractivity contribution is 7.16. The van der Waals surface area contributed by atoms with Crippen LogP contribution in [0.1, 0.15) is 15.9 Å². The minimum absolute atomic E-state index is 0.103. The van der Waals surface area contributed by atoms with Crippen LogP contribution in [-0.2, 0) is 32.0 Å². The zero-order valence-corrected chi connectivity index (χ0v) is 18.3. The van der Waals surface area contributed by atoms with Gasteiger partial charge in [-0.25, -0.2) is 4.79 Å². The Hall–Kier alpha value is -3.78. The summed E-state index contributed by atoms with van der Waals surface area (Å²) >= 11 is 1.22. The minimum atomic E-state index is -0.468. The van der Waals surface area contributed by atoms with Crippen molar-refractivity contribution in [1.82, 2.24) is 4.57 Å². The van der Waals surface area contributed by atoms with E-state index in [1.54, 1.807) is 22.8 Å². The Morgan fingerprint density at radius 1 is 0.969 bits per heavy atom. The highest BCUT2D eigenvalue weighted by atomic mass is 32.1. The number of hydrogen-bond acceptors (Lipinski definition) is 6. The summed E-state index contributed by atoms with van der Waals surface area (Å²) in [4.78, 5) is 41.4. The molecule has 0 spiro atoms. The standard InChI is InChI=1S/C24H20N2O5S/c1-30-22(28)14-26-19-11-10-17(23(29)31-2)12-20(19)32-24(26)25-21(27)13-16-8-5-7-15-6-3-4-9-18(15)16/h3-12H,13-14H2,1-2H3. The molecule has 0 radical (unpaired) electrons. The van der Waals surface area contributed by atoms with Gasteiger partial charge in [-0.15, -0.1) is 0 Å². The number of esters is 2. The number of nitrogens with zero attached hydrogens (tertiary/aromatic N) is 2. The number of carbonyl (C=O) groups excluding carboxylic acids is 3. The molecule has 0 aliphatic rings. The monoisotopic (exact) mass is 448 g/mol. The number of rotatable bonds is 5. The molecule has 0 aliphatic carbocycles. The molecule has 7 nitrogen and oxygen atoms in total. The fourth-order valence-corrected chi connectivity index (χ4v) is 4.59. The molecule has 8 heteroatoms. The topological polar surface area (TPSA) is 87.0 Å². The number of ether oxygens (including phenoxy) is 2. The number of thiazole rings is 1. The van der Waals surface area contributed by atoms with Crippen LogP contribution in [-0.4, -0.2) is 36.6 Å². The van der Waals surface area contributed by atoms with Crippen LogP contribution in [0.15, 0.2) is 65.7 Å². The van der Waals surface area contributed by atoms with E-state index >= 15 is 0 Å². The van der Waals surface area contributed by atoms with Crippen LogP contribution >= 0.6 is 11.3 Å². The predicted octanol–water partition coefficient (Wildman–Crippen LogP) is 3.49. The lowest BCUT2D eigenvalue weighted by atomic mass is 10.0. The van der Waals surface area contributed by atoms with E-state index in [0.29, 0.717) is 20.6 Å². The molecule has 32 heavy (non-hydrogen) atoms. The van der Waals surface area contributed by atoms with Gasteiger partial charge in [0.15, 0.2) is 4.80 Å². The third-order valence-corrected chi connectivity index (χ3v) is 6.10. The summed E-state index contributed by atoms with van der Waals surface area (Å²) in [6, 6.07) is 18.6. The Labute approximate surface area is 187 Å². The lowest BCUT2D eigenvalue weighted by molar-refractivity contribution is -0.141. The smallest absolute Gasteiger partial charge is 0.337 e. The van der Waals surface area contributed by atoms with Gasteiger partial charge in [-0.05, 0) is 34.5 Å². The third kappa shape index (κ3) is 4.31. The fraction of sp³-hybridized carbons (Fsp3) is 0.167. The number of benzene rings is 3. The number of methoxy groups -OCH3 is 2. The van der Waals surface area contributed by atoms with Crippen LogP contribution < -0.4 is 4.80 Å². The summed E-state index contributed by atoms with van der Waals surface area (Å²) in [7, 11) is 2.61. The van der Waals surface area contributed by atoms with Gasteiger partial charge >= 0.3 is 11.9 Å². The van der Waals surface area contributed by atoms with E-state index in [0.717, 1.165) is 16.3 Å². The van der Waals surface area contributed by atoms with E-state index in [9.17, 15) is 14.4 Å². The van der Waals surface area contributed by atoms with E-state index in [2.05, 4.69) is 4.99 Å². The number of hydrogen-bond donors (Lipinski definition) is 0. The van der Waals surface area contributed by atoms with Gasteiger partial charge in [-0.2, -0.15) is 4.99 Å². The first-order valence-electron chi connectivity index (χ1n) is 9.83. The van der Waals surface area contributed by atoms with Crippen molar-refractivity contribution in [3.63, 3.8) is 0 Å². The van der Waals surface area contributed by atoms with Crippen LogP contribution in [0.5, 0.6) is 0 Å². The molecule has 0 saturated heterocycles. The highest BCUT2D eigenvalue weighted by Crippen LogP contribution is 2.21. The summed E-state index contributed by atoms with van der Waals surface area (Å²) in [5, 5.41) is 2.05. The van der Waals surface area contributed by atoms with Crippen molar-refractivity contribution in [3.05, 3.63) is 76.6 Å². The summed E-state index contributed by atoms with van der Waals surface area (Å²) in [6.07, 6.45) is 0.126.